The van der Waals surface area contributed by atoms with Crippen LogP contribution in [0.15, 0.2) is 28.6 Å². The van der Waals surface area contributed by atoms with Gasteiger partial charge in [-0.1, -0.05) is 39.8 Å². The van der Waals surface area contributed by atoms with Gasteiger partial charge >= 0.3 is 5.97 Å². The van der Waals surface area contributed by atoms with Gasteiger partial charge in [-0.25, -0.2) is 18.2 Å². The van der Waals surface area contributed by atoms with E-state index in [0.29, 0.717) is 11.9 Å². The zero-order valence-electron chi connectivity index (χ0n) is 21.5. The van der Waals surface area contributed by atoms with Crippen LogP contribution in [0.25, 0.3) is 10.2 Å². The van der Waals surface area contributed by atoms with E-state index in [1.807, 2.05) is 39.8 Å². The molecule has 2 rings (SSSR count). The average molecular weight is 512 g/mol. The number of hydrogen-bond acceptors (Lipinski definition) is 7. The largest absolute Gasteiger partial charge is 0.458 e. The molecule has 0 fully saturated rings. The Morgan fingerprint density at radius 2 is 1.68 bits per heavy atom. The van der Waals surface area contributed by atoms with Crippen LogP contribution in [0.1, 0.15) is 54.9 Å². The Morgan fingerprint density at radius 1 is 1.09 bits per heavy atom. The van der Waals surface area contributed by atoms with E-state index in [4.69, 9.17) is 4.74 Å². The molecule has 1 aromatic carbocycles. The third-order valence-corrected chi connectivity index (χ3v) is 8.60. The molecule has 0 N–H and O–H groups in total. The van der Waals surface area contributed by atoms with Gasteiger partial charge in [0, 0.05) is 14.1 Å². The van der Waals surface area contributed by atoms with E-state index >= 15 is 0 Å². The van der Waals surface area contributed by atoms with Gasteiger partial charge in [0.1, 0.15) is 17.7 Å². The summed E-state index contributed by atoms with van der Waals surface area (Å²) < 4.78 is 34.3. The number of sulfonamides is 1. The number of likely N-dealkylation sites (N-methyl/N-ethyl adjacent to an activating group) is 2. The van der Waals surface area contributed by atoms with Crippen molar-refractivity contribution in [1.82, 2.24) is 14.2 Å². The van der Waals surface area contributed by atoms with E-state index in [-0.39, 0.29) is 16.2 Å². The lowest BCUT2D eigenvalue weighted by atomic mass is 9.99. The van der Waals surface area contributed by atoms with Crippen molar-refractivity contribution in [2.45, 2.75) is 76.9 Å². The number of carbonyl (C=O) groups excluding carboxylic acids is 2. The fourth-order valence-electron chi connectivity index (χ4n) is 3.72. The highest BCUT2D eigenvalue weighted by Gasteiger charge is 2.41. The number of carbonyl (C=O) groups is 2. The first kappa shape index (κ1) is 28.2. The van der Waals surface area contributed by atoms with Crippen LogP contribution >= 0.6 is 11.3 Å². The molecule has 0 spiro atoms. The second-order valence-corrected chi connectivity index (χ2v) is 13.5. The number of ether oxygens (including phenoxy) is 1. The molecule has 0 aliphatic rings. The summed E-state index contributed by atoms with van der Waals surface area (Å²) in [5, 5.41) is 0. The Bertz CT molecular complexity index is 1090. The summed E-state index contributed by atoms with van der Waals surface area (Å²) in [5.74, 6) is -1.16. The van der Waals surface area contributed by atoms with Crippen molar-refractivity contribution in [2.75, 3.05) is 14.1 Å². The molecule has 34 heavy (non-hydrogen) atoms. The number of benzene rings is 1. The smallest absolute Gasteiger partial charge is 0.329 e. The lowest BCUT2D eigenvalue weighted by Gasteiger charge is -2.36. The summed E-state index contributed by atoms with van der Waals surface area (Å²) in [4.78, 5) is 32.2. The summed E-state index contributed by atoms with van der Waals surface area (Å²) in [6, 6.07) is 5.34. The molecule has 190 valence electrons. The fraction of sp³-hybridized carbons (Fsp3) is 0.625. The third-order valence-electron chi connectivity index (χ3n) is 5.34. The van der Waals surface area contributed by atoms with Crippen LogP contribution in [0.5, 0.6) is 0 Å². The Morgan fingerprint density at radius 3 is 2.18 bits per heavy atom. The molecular formula is C24H37N3O5S2. The maximum absolute atomic E-state index is 13.7. The van der Waals surface area contributed by atoms with Gasteiger partial charge in [0.25, 0.3) is 10.0 Å². The van der Waals surface area contributed by atoms with Gasteiger partial charge in [0.15, 0.2) is 0 Å². The standard InChI is InChI=1S/C24H37N3O5S2/c1-15(2)14-18(21(28)26(8)20(16(3)4)22(29)32-24(5,6)7)27(9)34(30,31)23-25-17-12-10-11-13-19(17)33-23/h10-13,15-16,18,20H,14H2,1-9H3/t18-,20+/m0/s1. The van der Waals surface area contributed by atoms with Gasteiger partial charge in [-0.15, -0.1) is 11.3 Å². The highest BCUT2D eigenvalue weighted by Crippen LogP contribution is 2.29. The Balaban J connectivity index is 2.42. The molecular weight excluding hydrogens is 474 g/mol. The Kier molecular flexibility index (Phi) is 8.88. The monoisotopic (exact) mass is 511 g/mol. The lowest BCUT2D eigenvalue weighted by molar-refractivity contribution is -0.166. The summed E-state index contributed by atoms with van der Waals surface area (Å²) >= 11 is 1.07. The predicted molar refractivity (Wildman–Crippen MR) is 135 cm³/mol. The van der Waals surface area contributed by atoms with Crippen LogP contribution in [0.3, 0.4) is 0 Å². The summed E-state index contributed by atoms with van der Waals surface area (Å²) in [6.45, 7) is 12.8. The van der Waals surface area contributed by atoms with E-state index in [2.05, 4.69) is 4.98 Å². The number of para-hydroxylation sites is 1. The van der Waals surface area contributed by atoms with Crippen LogP contribution in [-0.2, 0) is 24.3 Å². The minimum absolute atomic E-state index is 0.0365. The van der Waals surface area contributed by atoms with Gasteiger partial charge in [-0.3, -0.25) is 4.79 Å². The van der Waals surface area contributed by atoms with Crippen molar-refractivity contribution in [3.8, 4) is 0 Å². The minimum Gasteiger partial charge on any atom is -0.458 e. The van der Waals surface area contributed by atoms with E-state index in [0.717, 1.165) is 20.3 Å². The Hall–Kier alpha value is -2.04. The van der Waals surface area contributed by atoms with Crippen molar-refractivity contribution >= 4 is 43.5 Å². The SMILES string of the molecule is CC(C)C[C@@H](C(=O)N(C)[C@@H](C(=O)OC(C)(C)C)C(C)C)N(C)S(=O)(=O)c1nc2ccccc2s1. The molecule has 0 aliphatic heterocycles. The van der Waals surface area contributed by atoms with Crippen LogP contribution in [0, 0.1) is 11.8 Å². The topological polar surface area (TPSA) is 96.9 Å². The number of esters is 1. The maximum Gasteiger partial charge on any atom is 0.329 e. The maximum atomic E-state index is 13.7. The molecule has 2 atom stereocenters. The summed E-state index contributed by atoms with van der Waals surface area (Å²) in [6.07, 6.45) is 0.295. The molecule has 0 unspecified atom stereocenters. The van der Waals surface area contributed by atoms with Gasteiger partial charge in [-0.2, -0.15) is 4.31 Å². The van der Waals surface area contributed by atoms with E-state index in [1.165, 1.54) is 19.0 Å². The van der Waals surface area contributed by atoms with Gasteiger partial charge < -0.3 is 9.64 Å². The molecule has 2 aromatic rings. The van der Waals surface area contributed by atoms with Crippen molar-refractivity contribution in [3.05, 3.63) is 24.3 Å². The molecule has 8 nitrogen and oxygen atoms in total. The lowest BCUT2D eigenvalue weighted by Crippen LogP contribution is -2.55. The van der Waals surface area contributed by atoms with Gasteiger partial charge in [0.05, 0.1) is 10.2 Å². The molecule has 0 bridgehead atoms. The third kappa shape index (κ3) is 6.55. The molecule has 1 amide bonds. The van der Waals surface area contributed by atoms with E-state index in [9.17, 15) is 18.0 Å². The first-order valence-electron chi connectivity index (χ1n) is 11.4. The van der Waals surface area contributed by atoms with Crippen molar-refractivity contribution in [3.63, 3.8) is 0 Å². The van der Waals surface area contributed by atoms with Crippen molar-refractivity contribution in [1.29, 1.82) is 0 Å². The number of hydrogen-bond donors (Lipinski definition) is 0. The van der Waals surface area contributed by atoms with Crippen molar-refractivity contribution < 1.29 is 22.7 Å². The Labute approximate surface area is 207 Å². The molecule has 0 saturated carbocycles. The second kappa shape index (κ2) is 10.7. The highest BCUT2D eigenvalue weighted by atomic mass is 32.2. The van der Waals surface area contributed by atoms with Crippen LogP contribution < -0.4 is 0 Å². The molecule has 0 saturated heterocycles. The van der Waals surface area contributed by atoms with Crippen LogP contribution in [0.4, 0.5) is 0 Å². The minimum atomic E-state index is -4.04. The highest BCUT2D eigenvalue weighted by molar-refractivity contribution is 7.91. The molecule has 1 heterocycles. The quantitative estimate of drug-likeness (QED) is 0.469. The van der Waals surface area contributed by atoms with E-state index < -0.39 is 39.6 Å². The molecule has 0 aliphatic carbocycles. The molecule has 0 radical (unpaired) electrons. The normalized spacial score (nSPS) is 14.6. The zero-order chi connectivity index (χ0) is 26.0. The van der Waals surface area contributed by atoms with E-state index in [1.54, 1.807) is 32.9 Å². The molecule has 10 heteroatoms. The summed E-state index contributed by atoms with van der Waals surface area (Å²) in [7, 11) is -1.11. The number of thiazole rings is 1. The predicted octanol–water partition coefficient (Wildman–Crippen LogP) is 4.16. The van der Waals surface area contributed by atoms with Crippen molar-refractivity contribution in [2.24, 2.45) is 11.8 Å². The number of amides is 1. The van der Waals surface area contributed by atoms with Gasteiger partial charge in [-0.05, 0) is 51.2 Å². The molecule has 1 aromatic heterocycles. The first-order chi connectivity index (χ1) is 15.6. The number of fused-ring (bicyclic) bond motifs is 1. The fourth-order valence-corrected chi connectivity index (χ4v) is 6.43. The number of aromatic nitrogens is 1. The zero-order valence-corrected chi connectivity index (χ0v) is 23.2. The first-order valence-corrected chi connectivity index (χ1v) is 13.6. The van der Waals surface area contributed by atoms with Gasteiger partial charge in [0.2, 0.25) is 10.2 Å². The number of rotatable bonds is 9. The summed E-state index contributed by atoms with van der Waals surface area (Å²) in [5.41, 5.74) is -0.119. The number of nitrogens with zero attached hydrogens (tertiary/aromatic N) is 3. The van der Waals surface area contributed by atoms with Crippen LogP contribution in [-0.4, -0.2) is 66.3 Å². The van der Waals surface area contributed by atoms with Crippen LogP contribution in [0.2, 0.25) is 0 Å². The average Bonchev–Trinajstić information content (AvgIpc) is 3.14. The second-order valence-electron chi connectivity index (χ2n) is 10.3.